The molecule has 4 rings (SSSR count). The molecule has 0 radical (unpaired) electrons. The van der Waals surface area contributed by atoms with Crippen LogP contribution in [0.15, 0.2) is 83.7 Å². The molecule has 1 aliphatic rings. The van der Waals surface area contributed by atoms with Gasteiger partial charge in [0.1, 0.15) is 29.0 Å². The van der Waals surface area contributed by atoms with Crippen molar-refractivity contribution in [3.63, 3.8) is 0 Å². The van der Waals surface area contributed by atoms with Crippen molar-refractivity contribution in [3.05, 3.63) is 89.4 Å². The van der Waals surface area contributed by atoms with E-state index in [9.17, 15) is 13.7 Å². The van der Waals surface area contributed by atoms with Crippen LogP contribution >= 0.6 is 11.6 Å². The Morgan fingerprint density at radius 2 is 1.94 bits per heavy atom. The molecule has 2 heterocycles. The third kappa shape index (κ3) is 4.54. The maximum absolute atomic E-state index is 12.3. The topological polar surface area (TPSA) is 135 Å². The highest BCUT2D eigenvalue weighted by molar-refractivity contribution is 7.89. The summed E-state index contributed by atoms with van der Waals surface area (Å²) in [6.45, 7) is 0.357. The average molecular weight is 480 g/mol. The molecule has 1 aliphatic heterocycles. The van der Waals surface area contributed by atoms with Gasteiger partial charge in [-0.15, -0.1) is 0 Å². The summed E-state index contributed by atoms with van der Waals surface area (Å²) >= 11 is 6.07. The first-order chi connectivity index (χ1) is 15.8. The van der Waals surface area contributed by atoms with Crippen LogP contribution in [0.25, 0.3) is 11.1 Å². The van der Waals surface area contributed by atoms with E-state index in [-0.39, 0.29) is 16.3 Å². The highest BCUT2D eigenvalue weighted by Crippen LogP contribution is 2.39. The number of halogens is 1. The van der Waals surface area contributed by atoms with Gasteiger partial charge in [-0.05, 0) is 48.6 Å². The first kappa shape index (κ1) is 22.4. The number of benzene rings is 2. The van der Waals surface area contributed by atoms with Crippen LogP contribution < -0.4 is 20.5 Å². The summed E-state index contributed by atoms with van der Waals surface area (Å²) in [5, 5.41) is 15.1. The van der Waals surface area contributed by atoms with Gasteiger partial charge < -0.3 is 15.4 Å². The van der Waals surface area contributed by atoms with Crippen LogP contribution in [0.5, 0.6) is 5.75 Å². The Labute approximate surface area is 196 Å². The fourth-order valence-electron chi connectivity index (χ4n) is 3.46. The molecule has 0 spiro atoms. The monoisotopic (exact) mass is 479 g/mol. The molecule has 166 valence electrons. The Balaban J connectivity index is 1.71. The number of sulfonamides is 1. The smallest absolute Gasteiger partial charge is 0.238 e. The van der Waals surface area contributed by atoms with Gasteiger partial charge in [0.15, 0.2) is 0 Å². The number of nitrogens with two attached hydrogens (primary N) is 2. The molecular weight excluding hydrogens is 462 g/mol. The normalized spacial score (nSPS) is 13.4. The summed E-state index contributed by atoms with van der Waals surface area (Å²) in [5.41, 5.74) is 7.69. The number of hydrogen-bond acceptors (Lipinski definition) is 7. The number of anilines is 2. The molecule has 1 aromatic heterocycles. The van der Waals surface area contributed by atoms with E-state index in [1.165, 1.54) is 12.3 Å². The molecular formula is C23H18ClN5O3S. The summed E-state index contributed by atoms with van der Waals surface area (Å²) < 4.78 is 30.5. The van der Waals surface area contributed by atoms with Gasteiger partial charge in [-0.3, -0.25) is 0 Å². The van der Waals surface area contributed by atoms with Crippen molar-refractivity contribution in [1.29, 1.82) is 5.26 Å². The zero-order chi connectivity index (χ0) is 23.6. The van der Waals surface area contributed by atoms with Crippen LogP contribution in [-0.2, 0) is 10.0 Å². The zero-order valence-corrected chi connectivity index (χ0v) is 18.7. The largest absolute Gasteiger partial charge is 0.456 e. The minimum Gasteiger partial charge on any atom is -0.456 e. The van der Waals surface area contributed by atoms with Gasteiger partial charge in [0, 0.05) is 30.1 Å². The molecule has 0 amide bonds. The summed E-state index contributed by atoms with van der Waals surface area (Å²) in [6, 6.07) is 15.2. The lowest BCUT2D eigenvalue weighted by Crippen LogP contribution is -2.22. The van der Waals surface area contributed by atoms with Gasteiger partial charge in [-0.25, -0.2) is 18.5 Å². The molecule has 0 aliphatic carbocycles. The van der Waals surface area contributed by atoms with Crippen LogP contribution in [0, 0.1) is 11.3 Å². The van der Waals surface area contributed by atoms with Crippen LogP contribution in [0.4, 0.5) is 11.5 Å². The third-order valence-corrected chi connectivity index (χ3v) is 6.22. The Morgan fingerprint density at radius 1 is 1.15 bits per heavy atom. The first-order valence-electron chi connectivity index (χ1n) is 9.67. The second-order valence-corrected chi connectivity index (χ2v) is 8.97. The number of aromatic nitrogens is 1. The molecule has 33 heavy (non-hydrogen) atoms. The van der Waals surface area contributed by atoms with E-state index in [0.717, 1.165) is 0 Å². The van der Waals surface area contributed by atoms with Crippen molar-refractivity contribution in [3.8, 4) is 22.9 Å². The summed E-state index contributed by atoms with van der Waals surface area (Å²) in [4.78, 5) is 5.85. The number of primary sulfonamides is 1. The van der Waals surface area contributed by atoms with Crippen LogP contribution in [0.3, 0.4) is 0 Å². The lowest BCUT2D eigenvalue weighted by atomic mass is 10.0. The third-order valence-electron chi connectivity index (χ3n) is 4.95. The predicted octanol–water partition coefficient (Wildman–Crippen LogP) is 3.80. The predicted molar refractivity (Wildman–Crippen MR) is 127 cm³/mol. The number of allylic oxidation sites excluding steroid dienone is 1. The lowest BCUT2D eigenvalue weighted by molar-refractivity contribution is 0.439. The minimum atomic E-state index is -4.04. The molecule has 10 heteroatoms. The number of rotatable bonds is 5. The first-order valence-corrected chi connectivity index (χ1v) is 11.6. The van der Waals surface area contributed by atoms with Crippen molar-refractivity contribution in [1.82, 2.24) is 4.98 Å². The molecule has 0 bridgehead atoms. The van der Waals surface area contributed by atoms with Crippen LogP contribution in [0.2, 0.25) is 5.02 Å². The van der Waals surface area contributed by atoms with E-state index in [1.807, 2.05) is 11.0 Å². The van der Waals surface area contributed by atoms with E-state index in [4.69, 9.17) is 27.2 Å². The molecule has 2 aromatic carbocycles. The van der Waals surface area contributed by atoms with Crippen molar-refractivity contribution in [2.75, 3.05) is 17.2 Å². The second-order valence-electron chi connectivity index (χ2n) is 7.03. The molecule has 8 nitrogen and oxygen atoms in total. The summed E-state index contributed by atoms with van der Waals surface area (Å²) in [7, 11) is -4.04. The Hall–Kier alpha value is -3.84. The Morgan fingerprint density at radius 3 is 2.61 bits per heavy atom. The number of nitrogen functional groups attached to an aromatic ring is 1. The molecule has 0 unspecified atom stereocenters. The summed E-state index contributed by atoms with van der Waals surface area (Å²) in [5.74, 6) is 1.03. The fraction of sp³-hybridized carbons (Fsp3) is 0.0435. The summed E-state index contributed by atoms with van der Waals surface area (Å²) in [6.07, 6.45) is 6.76. The van der Waals surface area contributed by atoms with Gasteiger partial charge in [-0.2, -0.15) is 5.26 Å². The van der Waals surface area contributed by atoms with Gasteiger partial charge in [0.2, 0.25) is 10.0 Å². The molecule has 0 saturated carbocycles. The van der Waals surface area contributed by atoms with Gasteiger partial charge >= 0.3 is 0 Å². The van der Waals surface area contributed by atoms with Crippen LogP contribution in [-0.4, -0.2) is 19.9 Å². The number of nitrogens with zero attached hydrogens (tertiary/aromatic N) is 3. The lowest BCUT2D eigenvalue weighted by Gasteiger charge is -2.26. The molecule has 3 aromatic rings. The highest BCUT2D eigenvalue weighted by atomic mass is 35.5. The minimum absolute atomic E-state index is 0.0586. The SMILES string of the molecule is N#Cc1c(Cl)cccc1OC1=CCN(c2cccc(S(N)(=O)=O)c2-c2cccnc2N)C=C1. The molecule has 0 fully saturated rings. The van der Waals surface area contributed by atoms with E-state index in [0.29, 0.717) is 39.9 Å². The molecule has 0 saturated heterocycles. The Kier molecular flexibility index (Phi) is 6.07. The maximum atomic E-state index is 12.3. The fourth-order valence-corrected chi connectivity index (χ4v) is 4.43. The number of pyridine rings is 1. The Bertz CT molecular complexity index is 1440. The second kappa shape index (κ2) is 8.96. The quantitative estimate of drug-likeness (QED) is 0.568. The number of ether oxygens (including phenoxy) is 1. The highest BCUT2D eigenvalue weighted by Gasteiger charge is 2.23. The van der Waals surface area contributed by atoms with Crippen molar-refractivity contribution in [2.24, 2.45) is 5.14 Å². The van der Waals surface area contributed by atoms with Gasteiger partial charge in [0.25, 0.3) is 0 Å². The average Bonchev–Trinajstić information content (AvgIpc) is 2.79. The van der Waals surface area contributed by atoms with Crippen LogP contribution in [0.1, 0.15) is 5.56 Å². The van der Waals surface area contributed by atoms with E-state index in [1.54, 1.807) is 60.8 Å². The molecule has 4 N–H and O–H groups in total. The van der Waals surface area contributed by atoms with E-state index >= 15 is 0 Å². The zero-order valence-electron chi connectivity index (χ0n) is 17.1. The number of nitriles is 1. The standard InChI is InChI=1S/C23H18ClN5O3S/c24-18-5-1-7-20(17(18)14-25)32-15-9-12-29(13-10-15)19-6-2-8-21(33(27,30)31)22(19)16-4-3-11-28-23(16)26/h1-12H,13H2,(H2,26,28)(H2,27,30,31). The van der Waals surface area contributed by atoms with Crippen molar-refractivity contribution >= 4 is 33.1 Å². The maximum Gasteiger partial charge on any atom is 0.238 e. The van der Waals surface area contributed by atoms with Crippen molar-refractivity contribution < 1.29 is 13.2 Å². The van der Waals surface area contributed by atoms with Gasteiger partial charge in [-0.1, -0.05) is 23.7 Å². The van der Waals surface area contributed by atoms with E-state index < -0.39 is 10.0 Å². The van der Waals surface area contributed by atoms with E-state index in [2.05, 4.69) is 4.98 Å². The number of hydrogen-bond donors (Lipinski definition) is 2. The molecule has 0 atom stereocenters. The van der Waals surface area contributed by atoms with Crippen molar-refractivity contribution in [2.45, 2.75) is 4.90 Å². The van der Waals surface area contributed by atoms with Gasteiger partial charge in [0.05, 0.1) is 15.6 Å².